The van der Waals surface area contributed by atoms with Crippen molar-refractivity contribution in [2.24, 2.45) is 0 Å². The molecule has 3 heterocycles. The van der Waals surface area contributed by atoms with E-state index in [1.54, 1.807) is 0 Å². The summed E-state index contributed by atoms with van der Waals surface area (Å²) in [5, 5.41) is 10.5. The van der Waals surface area contributed by atoms with Gasteiger partial charge in [0, 0.05) is 5.56 Å². The Bertz CT molecular complexity index is 563. The van der Waals surface area contributed by atoms with Crippen molar-refractivity contribution in [2.75, 3.05) is 19.7 Å². The Morgan fingerprint density at radius 2 is 2.09 bits per heavy atom. The van der Waals surface area contributed by atoms with Crippen molar-refractivity contribution >= 4 is 5.91 Å². The zero-order chi connectivity index (χ0) is 15.0. The Labute approximate surface area is 129 Å². The molecule has 2 N–H and O–H groups in total. The van der Waals surface area contributed by atoms with Gasteiger partial charge in [0.25, 0.3) is 5.91 Å². The van der Waals surface area contributed by atoms with Crippen molar-refractivity contribution < 1.29 is 14.1 Å². The molecule has 6 heteroatoms. The molecule has 0 radical (unpaired) electrons. The third-order valence-electron chi connectivity index (χ3n) is 5.23. The molecule has 0 saturated carbocycles. The van der Waals surface area contributed by atoms with Crippen molar-refractivity contribution in [3.63, 3.8) is 0 Å². The van der Waals surface area contributed by atoms with E-state index in [4.69, 9.17) is 9.26 Å². The number of piperidine rings is 1. The molecule has 1 aliphatic carbocycles. The van der Waals surface area contributed by atoms with Gasteiger partial charge in [-0.25, -0.2) is 0 Å². The highest BCUT2D eigenvalue weighted by Gasteiger charge is 2.42. The van der Waals surface area contributed by atoms with E-state index in [0.717, 1.165) is 69.3 Å². The van der Waals surface area contributed by atoms with Crippen LogP contribution in [0.5, 0.6) is 0 Å². The van der Waals surface area contributed by atoms with Crippen LogP contribution in [0.1, 0.15) is 53.9 Å². The number of ether oxygens (including phenoxy) is 1. The molecule has 4 rings (SSSR count). The van der Waals surface area contributed by atoms with Crippen LogP contribution in [0, 0.1) is 0 Å². The molecular formula is C16H23N3O3. The maximum Gasteiger partial charge on any atom is 0.290 e. The summed E-state index contributed by atoms with van der Waals surface area (Å²) >= 11 is 0. The molecule has 2 aliphatic heterocycles. The predicted octanol–water partition coefficient (Wildman–Crippen LogP) is 1.19. The van der Waals surface area contributed by atoms with Crippen LogP contribution in [0.25, 0.3) is 0 Å². The summed E-state index contributed by atoms with van der Waals surface area (Å²) < 4.78 is 11.3. The highest BCUT2D eigenvalue weighted by atomic mass is 16.5. The molecule has 6 nitrogen and oxygen atoms in total. The van der Waals surface area contributed by atoms with Gasteiger partial charge in [-0.3, -0.25) is 4.79 Å². The number of nitrogens with one attached hydrogen (secondary N) is 2. The first-order valence-electron chi connectivity index (χ1n) is 8.39. The second kappa shape index (κ2) is 5.66. The van der Waals surface area contributed by atoms with Crippen LogP contribution >= 0.6 is 0 Å². The number of carbonyl (C=O) groups excluding carboxylic acids is 1. The van der Waals surface area contributed by atoms with Gasteiger partial charge in [-0.15, -0.1) is 0 Å². The predicted molar refractivity (Wildman–Crippen MR) is 79.8 cm³/mol. The number of nitrogens with zero attached hydrogens (tertiary/aromatic N) is 1. The molecule has 1 atom stereocenters. The summed E-state index contributed by atoms with van der Waals surface area (Å²) in [7, 11) is 0. The number of hydrogen-bond donors (Lipinski definition) is 2. The van der Waals surface area contributed by atoms with Crippen LogP contribution in [0.2, 0.25) is 0 Å². The van der Waals surface area contributed by atoms with Gasteiger partial charge in [-0.05, 0) is 58.0 Å². The minimum atomic E-state index is -0.129. The van der Waals surface area contributed by atoms with E-state index in [-0.39, 0.29) is 17.6 Å². The molecule has 2 fully saturated rings. The SMILES string of the molecule is O=C(N[C@H]1COC2(CCNCC2)C1)c1onc2c1CCCC2. The zero-order valence-electron chi connectivity index (χ0n) is 12.8. The van der Waals surface area contributed by atoms with Gasteiger partial charge in [0.05, 0.1) is 23.9 Å². The first kappa shape index (κ1) is 14.2. The highest BCUT2D eigenvalue weighted by molar-refractivity contribution is 5.93. The number of carbonyl (C=O) groups is 1. The van der Waals surface area contributed by atoms with E-state index in [2.05, 4.69) is 15.8 Å². The van der Waals surface area contributed by atoms with E-state index in [9.17, 15) is 4.79 Å². The largest absolute Gasteiger partial charge is 0.373 e. The number of aryl methyl sites for hydroxylation is 1. The zero-order valence-corrected chi connectivity index (χ0v) is 12.8. The number of amides is 1. The summed E-state index contributed by atoms with van der Waals surface area (Å²) in [5.41, 5.74) is 1.94. The van der Waals surface area contributed by atoms with Gasteiger partial charge < -0.3 is 19.9 Å². The molecule has 1 aromatic rings. The maximum absolute atomic E-state index is 12.5. The minimum absolute atomic E-state index is 0.0377. The molecule has 0 aromatic carbocycles. The summed E-state index contributed by atoms with van der Waals surface area (Å²) in [4.78, 5) is 12.5. The number of aromatic nitrogens is 1. The number of fused-ring (bicyclic) bond motifs is 1. The van der Waals surface area contributed by atoms with E-state index in [0.29, 0.717) is 12.4 Å². The fourth-order valence-electron chi connectivity index (χ4n) is 3.99. The van der Waals surface area contributed by atoms with Crippen molar-refractivity contribution in [1.82, 2.24) is 15.8 Å². The fraction of sp³-hybridized carbons (Fsp3) is 0.750. The second-order valence-corrected chi connectivity index (χ2v) is 6.76. The first-order valence-corrected chi connectivity index (χ1v) is 8.39. The summed E-state index contributed by atoms with van der Waals surface area (Å²) in [5.74, 6) is 0.288. The summed E-state index contributed by atoms with van der Waals surface area (Å²) in [6.07, 6.45) is 7.02. The van der Waals surface area contributed by atoms with E-state index >= 15 is 0 Å². The van der Waals surface area contributed by atoms with Gasteiger partial charge in [0.15, 0.2) is 0 Å². The molecule has 0 unspecified atom stereocenters. The maximum atomic E-state index is 12.5. The molecule has 2 saturated heterocycles. The van der Waals surface area contributed by atoms with E-state index in [1.165, 1.54) is 0 Å². The van der Waals surface area contributed by atoms with Crippen LogP contribution in [0.3, 0.4) is 0 Å². The van der Waals surface area contributed by atoms with Crippen LogP contribution in [0.15, 0.2) is 4.52 Å². The van der Waals surface area contributed by atoms with Crippen molar-refractivity contribution in [1.29, 1.82) is 0 Å². The molecule has 22 heavy (non-hydrogen) atoms. The lowest BCUT2D eigenvalue weighted by Gasteiger charge is -2.32. The van der Waals surface area contributed by atoms with Gasteiger partial charge in [0.2, 0.25) is 5.76 Å². The lowest BCUT2D eigenvalue weighted by molar-refractivity contribution is -0.0194. The summed E-state index contributed by atoms with van der Waals surface area (Å²) in [6, 6.07) is 0.0786. The number of rotatable bonds is 2. The van der Waals surface area contributed by atoms with Crippen LogP contribution < -0.4 is 10.6 Å². The topological polar surface area (TPSA) is 76.4 Å². The van der Waals surface area contributed by atoms with Crippen LogP contribution in [-0.4, -0.2) is 42.4 Å². The Balaban J connectivity index is 1.41. The molecule has 120 valence electrons. The quantitative estimate of drug-likeness (QED) is 0.858. The first-order chi connectivity index (χ1) is 10.8. The third kappa shape index (κ3) is 2.54. The van der Waals surface area contributed by atoms with E-state index < -0.39 is 0 Å². The standard InChI is InChI=1S/C16H23N3O3/c20-15(14-12-3-1-2-4-13(12)19-22-14)18-11-9-16(21-10-11)5-7-17-8-6-16/h11,17H,1-10H2,(H,18,20)/t11-/m1/s1. The smallest absolute Gasteiger partial charge is 0.290 e. The normalized spacial score (nSPS) is 26.8. The Morgan fingerprint density at radius 1 is 1.27 bits per heavy atom. The molecule has 1 amide bonds. The molecule has 1 aromatic heterocycles. The molecular weight excluding hydrogens is 282 g/mol. The average Bonchev–Trinajstić information content (AvgIpc) is 3.13. The molecule has 0 bridgehead atoms. The monoisotopic (exact) mass is 305 g/mol. The summed E-state index contributed by atoms with van der Waals surface area (Å²) in [6.45, 7) is 2.59. The Kier molecular flexibility index (Phi) is 3.66. The van der Waals surface area contributed by atoms with Gasteiger partial charge in [-0.1, -0.05) is 5.16 Å². The van der Waals surface area contributed by atoms with Gasteiger partial charge in [-0.2, -0.15) is 0 Å². The van der Waals surface area contributed by atoms with Crippen LogP contribution in [0.4, 0.5) is 0 Å². The lowest BCUT2D eigenvalue weighted by Crippen LogP contribution is -2.43. The van der Waals surface area contributed by atoms with E-state index in [1.807, 2.05) is 0 Å². The fourth-order valence-corrected chi connectivity index (χ4v) is 3.99. The average molecular weight is 305 g/mol. The van der Waals surface area contributed by atoms with Gasteiger partial charge >= 0.3 is 0 Å². The van der Waals surface area contributed by atoms with Crippen molar-refractivity contribution in [3.05, 3.63) is 17.0 Å². The second-order valence-electron chi connectivity index (χ2n) is 6.76. The van der Waals surface area contributed by atoms with Crippen molar-refractivity contribution in [2.45, 2.75) is 56.6 Å². The van der Waals surface area contributed by atoms with Crippen LogP contribution in [-0.2, 0) is 17.6 Å². The van der Waals surface area contributed by atoms with Gasteiger partial charge in [0.1, 0.15) is 0 Å². The highest BCUT2D eigenvalue weighted by Crippen LogP contribution is 2.34. The Hall–Kier alpha value is -1.40. The third-order valence-corrected chi connectivity index (χ3v) is 5.23. The van der Waals surface area contributed by atoms with Crippen molar-refractivity contribution in [3.8, 4) is 0 Å². The minimum Gasteiger partial charge on any atom is -0.373 e. The Morgan fingerprint density at radius 3 is 2.95 bits per heavy atom. The molecule has 3 aliphatic rings. The number of hydrogen-bond acceptors (Lipinski definition) is 5. The molecule has 1 spiro atoms. The lowest BCUT2D eigenvalue weighted by atomic mass is 9.88.